The first-order valence-electron chi connectivity index (χ1n) is 8.66. The van der Waals surface area contributed by atoms with Gasteiger partial charge in [0.15, 0.2) is 5.84 Å². The zero-order valence-corrected chi connectivity index (χ0v) is 16.8. The van der Waals surface area contributed by atoms with E-state index in [1.807, 2.05) is 49.4 Å². The van der Waals surface area contributed by atoms with Crippen LogP contribution in [0.2, 0.25) is 0 Å². The number of hydrogen-bond donors (Lipinski definition) is 2. The molecule has 0 radical (unpaired) electrons. The predicted molar refractivity (Wildman–Crippen MR) is 115 cm³/mol. The lowest BCUT2D eigenvalue weighted by Gasteiger charge is -2.07. The molecule has 3 aromatic rings. The van der Waals surface area contributed by atoms with Crippen LogP contribution in [0.1, 0.15) is 18.2 Å². The summed E-state index contributed by atoms with van der Waals surface area (Å²) < 4.78 is 6.30. The summed E-state index contributed by atoms with van der Waals surface area (Å²) in [6.07, 6.45) is 3.21. The zero-order valence-electron chi connectivity index (χ0n) is 15.2. The summed E-state index contributed by atoms with van der Waals surface area (Å²) >= 11 is 3.38. The number of pyridine rings is 1. The third-order valence-corrected chi connectivity index (χ3v) is 4.15. The van der Waals surface area contributed by atoms with E-state index in [0.29, 0.717) is 23.7 Å². The van der Waals surface area contributed by atoms with Crippen LogP contribution in [0.25, 0.3) is 0 Å². The summed E-state index contributed by atoms with van der Waals surface area (Å²) in [5.41, 5.74) is 4.87. The molecule has 0 amide bonds. The lowest BCUT2D eigenvalue weighted by molar-refractivity contribution is 0.340. The van der Waals surface area contributed by atoms with Crippen molar-refractivity contribution in [3.8, 4) is 11.5 Å². The lowest BCUT2D eigenvalue weighted by atomic mass is 10.2. The Balaban J connectivity index is 1.85. The molecular weight excluding hydrogens is 420 g/mol. The van der Waals surface area contributed by atoms with Gasteiger partial charge >= 0.3 is 0 Å². The van der Waals surface area contributed by atoms with Gasteiger partial charge in [-0.1, -0.05) is 22.0 Å². The van der Waals surface area contributed by atoms with Gasteiger partial charge in [-0.25, -0.2) is 4.99 Å². The quantitative estimate of drug-likeness (QED) is 0.333. The minimum absolute atomic E-state index is 0.136. The van der Waals surface area contributed by atoms with Crippen LogP contribution in [-0.2, 0) is 0 Å². The van der Waals surface area contributed by atoms with Crippen LogP contribution < -0.4 is 10.2 Å². The van der Waals surface area contributed by atoms with Crippen molar-refractivity contribution in [2.24, 2.45) is 10.1 Å². The molecule has 0 aliphatic heterocycles. The Kier molecular flexibility index (Phi) is 6.75. The number of phenols is 1. The average molecular weight is 439 g/mol. The predicted octanol–water partition coefficient (Wildman–Crippen LogP) is 4.65. The Hall–Kier alpha value is -3.19. The number of ether oxygens (including phenoxy) is 1. The number of amidine groups is 1. The highest BCUT2D eigenvalue weighted by molar-refractivity contribution is 9.10. The first-order valence-corrected chi connectivity index (χ1v) is 9.45. The van der Waals surface area contributed by atoms with Gasteiger partial charge in [0.2, 0.25) is 0 Å². The van der Waals surface area contributed by atoms with Gasteiger partial charge in [-0.2, -0.15) is 5.10 Å². The second-order valence-electron chi connectivity index (χ2n) is 5.68. The maximum Gasteiger partial charge on any atom is 0.172 e. The summed E-state index contributed by atoms with van der Waals surface area (Å²) in [5.74, 6) is 1.41. The van der Waals surface area contributed by atoms with Gasteiger partial charge in [-0.15, -0.1) is 0 Å². The summed E-state index contributed by atoms with van der Waals surface area (Å²) in [7, 11) is 0. The van der Waals surface area contributed by atoms with Crippen LogP contribution in [0, 0.1) is 0 Å². The van der Waals surface area contributed by atoms with E-state index in [0.717, 1.165) is 15.9 Å². The fraction of sp³-hybridized carbons (Fsp3) is 0.0952. The molecule has 0 saturated heterocycles. The molecule has 0 fully saturated rings. The number of aliphatic imine (C=N–C) groups is 1. The van der Waals surface area contributed by atoms with E-state index in [9.17, 15) is 5.11 Å². The third-order valence-electron chi connectivity index (χ3n) is 3.66. The lowest BCUT2D eigenvalue weighted by Crippen LogP contribution is -2.20. The maximum absolute atomic E-state index is 9.93. The van der Waals surface area contributed by atoms with E-state index < -0.39 is 0 Å². The van der Waals surface area contributed by atoms with Crippen molar-refractivity contribution in [1.29, 1.82) is 0 Å². The summed E-state index contributed by atoms with van der Waals surface area (Å²) in [6, 6.07) is 18.1. The highest BCUT2D eigenvalue weighted by Crippen LogP contribution is 2.20. The number of phenolic OH excluding ortho intramolecular Hbond substituents is 1. The van der Waals surface area contributed by atoms with Crippen molar-refractivity contribution < 1.29 is 9.84 Å². The number of rotatable bonds is 6. The van der Waals surface area contributed by atoms with Crippen molar-refractivity contribution in [2.45, 2.75) is 6.92 Å². The van der Waals surface area contributed by atoms with Gasteiger partial charge in [-0.05, 0) is 61.5 Å². The summed E-state index contributed by atoms with van der Waals surface area (Å²) in [5, 5.41) is 14.1. The van der Waals surface area contributed by atoms with E-state index >= 15 is 0 Å². The monoisotopic (exact) mass is 438 g/mol. The number of aromatic hydroxyl groups is 1. The largest absolute Gasteiger partial charge is 0.507 e. The van der Waals surface area contributed by atoms with Crippen molar-refractivity contribution in [1.82, 2.24) is 10.4 Å². The van der Waals surface area contributed by atoms with Crippen LogP contribution >= 0.6 is 15.9 Å². The van der Waals surface area contributed by atoms with Gasteiger partial charge in [0.05, 0.1) is 18.5 Å². The Morgan fingerprint density at radius 1 is 1.18 bits per heavy atom. The van der Waals surface area contributed by atoms with Crippen LogP contribution in [0.15, 0.2) is 81.4 Å². The maximum atomic E-state index is 9.93. The zero-order chi connectivity index (χ0) is 19.8. The molecule has 0 atom stereocenters. The van der Waals surface area contributed by atoms with Gasteiger partial charge in [0.1, 0.15) is 17.2 Å². The molecule has 0 unspecified atom stereocenters. The molecule has 1 aromatic heterocycles. The number of nitrogens with zero attached hydrogens (tertiary/aromatic N) is 3. The standard InChI is InChI=1S/C21H19BrN4O2/c1-2-28-18-9-7-17(8-10-18)25-21(19-5-3-4-12-23-19)26-24-14-15-13-16(22)6-11-20(15)27/h3-14,27H,2H2,1H3,(H,25,26)/b24-14+. The molecule has 0 bridgehead atoms. The molecule has 3 rings (SSSR count). The Morgan fingerprint density at radius 3 is 2.71 bits per heavy atom. The molecule has 0 spiro atoms. The number of aromatic nitrogens is 1. The number of nitrogens with one attached hydrogen (secondary N) is 1. The van der Waals surface area contributed by atoms with E-state index in [-0.39, 0.29) is 5.75 Å². The minimum atomic E-state index is 0.136. The van der Waals surface area contributed by atoms with Crippen LogP contribution in [0.3, 0.4) is 0 Å². The second kappa shape index (κ2) is 9.66. The highest BCUT2D eigenvalue weighted by atomic mass is 79.9. The number of halogens is 1. The van der Waals surface area contributed by atoms with E-state index in [1.54, 1.807) is 24.4 Å². The van der Waals surface area contributed by atoms with E-state index in [2.05, 4.69) is 36.4 Å². The first kappa shape index (κ1) is 19.6. The molecule has 0 saturated carbocycles. The molecule has 28 heavy (non-hydrogen) atoms. The Bertz CT molecular complexity index is 973. The second-order valence-corrected chi connectivity index (χ2v) is 6.59. The summed E-state index contributed by atoms with van der Waals surface area (Å²) in [6.45, 7) is 2.55. The molecule has 142 valence electrons. The van der Waals surface area contributed by atoms with Gasteiger partial charge in [-0.3, -0.25) is 10.4 Å². The first-order chi connectivity index (χ1) is 13.7. The van der Waals surface area contributed by atoms with Crippen LogP contribution in [0.5, 0.6) is 11.5 Å². The SMILES string of the molecule is CCOc1ccc(N=C(N/N=C/c2cc(Br)ccc2O)c2ccccn2)cc1. The number of benzene rings is 2. The fourth-order valence-electron chi connectivity index (χ4n) is 2.35. The summed E-state index contributed by atoms with van der Waals surface area (Å²) in [4.78, 5) is 8.93. The van der Waals surface area contributed by atoms with Gasteiger partial charge in [0, 0.05) is 16.2 Å². The minimum Gasteiger partial charge on any atom is -0.507 e. The number of hydrogen-bond acceptors (Lipinski definition) is 5. The molecular formula is C21H19BrN4O2. The van der Waals surface area contributed by atoms with E-state index in [1.165, 1.54) is 6.21 Å². The molecule has 7 heteroatoms. The van der Waals surface area contributed by atoms with Crippen molar-refractivity contribution in [3.63, 3.8) is 0 Å². The molecule has 0 aliphatic carbocycles. The Morgan fingerprint density at radius 2 is 2.00 bits per heavy atom. The van der Waals surface area contributed by atoms with Crippen molar-refractivity contribution in [2.75, 3.05) is 6.61 Å². The molecule has 2 aromatic carbocycles. The van der Waals surface area contributed by atoms with Crippen LogP contribution in [0.4, 0.5) is 5.69 Å². The molecule has 1 heterocycles. The average Bonchev–Trinajstić information content (AvgIpc) is 2.72. The molecule has 6 nitrogen and oxygen atoms in total. The Labute approximate surface area is 171 Å². The molecule has 2 N–H and O–H groups in total. The topological polar surface area (TPSA) is 79.1 Å². The van der Waals surface area contributed by atoms with E-state index in [4.69, 9.17) is 4.74 Å². The van der Waals surface area contributed by atoms with Crippen molar-refractivity contribution in [3.05, 3.63) is 82.6 Å². The highest BCUT2D eigenvalue weighted by Gasteiger charge is 2.05. The van der Waals surface area contributed by atoms with Gasteiger partial charge in [0.25, 0.3) is 0 Å². The number of hydrazone groups is 1. The fourth-order valence-corrected chi connectivity index (χ4v) is 2.73. The van der Waals surface area contributed by atoms with Crippen molar-refractivity contribution >= 4 is 33.7 Å². The van der Waals surface area contributed by atoms with Crippen LogP contribution in [-0.4, -0.2) is 28.7 Å². The third kappa shape index (κ3) is 5.40. The van der Waals surface area contributed by atoms with Gasteiger partial charge < -0.3 is 9.84 Å². The normalized spacial score (nSPS) is 11.6. The smallest absolute Gasteiger partial charge is 0.172 e. The molecule has 0 aliphatic rings.